The van der Waals surface area contributed by atoms with E-state index in [-0.39, 0.29) is 0 Å². The Hall–Kier alpha value is -1.46. The fourth-order valence-corrected chi connectivity index (χ4v) is 3.23. The minimum atomic E-state index is 0.738. The van der Waals surface area contributed by atoms with E-state index in [4.69, 9.17) is 0 Å². The van der Waals surface area contributed by atoms with Gasteiger partial charge in [-0.25, -0.2) is 9.97 Å². The van der Waals surface area contributed by atoms with Gasteiger partial charge < -0.3 is 5.32 Å². The Morgan fingerprint density at radius 1 is 1.26 bits per heavy atom. The van der Waals surface area contributed by atoms with Gasteiger partial charge >= 0.3 is 0 Å². The topological polar surface area (TPSA) is 37.8 Å². The molecule has 0 spiro atoms. The highest BCUT2D eigenvalue weighted by Gasteiger charge is 2.08. The fourth-order valence-electron chi connectivity index (χ4n) is 2.00. The molecule has 0 radical (unpaired) electrons. The Labute approximate surface area is 123 Å². The Balaban J connectivity index is 2.01. The molecule has 3 rings (SSSR count). The van der Waals surface area contributed by atoms with Gasteiger partial charge in [-0.1, -0.05) is 28.1 Å². The van der Waals surface area contributed by atoms with Crippen molar-refractivity contribution >= 4 is 43.3 Å². The van der Waals surface area contributed by atoms with Crippen LogP contribution < -0.4 is 5.32 Å². The van der Waals surface area contributed by atoms with Crippen LogP contribution in [0, 0.1) is 0 Å². The largest absolute Gasteiger partial charge is 0.372 e. The lowest BCUT2D eigenvalue weighted by atomic mass is 10.1. The Bertz CT molecular complexity index is 724. The number of halogens is 1. The van der Waals surface area contributed by atoms with Gasteiger partial charge in [0.05, 0.1) is 5.39 Å². The van der Waals surface area contributed by atoms with E-state index < -0.39 is 0 Å². The van der Waals surface area contributed by atoms with Crippen LogP contribution in [0.4, 0.5) is 5.82 Å². The SMILES string of the molecule is CNc1nc(Cc2cccc(Br)c2)nc2sccc12. The second-order valence-corrected chi connectivity index (χ2v) is 5.99. The summed E-state index contributed by atoms with van der Waals surface area (Å²) in [4.78, 5) is 10.2. The first-order valence-electron chi connectivity index (χ1n) is 5.92. The lowest BCUT2D eigenvalue weighted by Gasteiger charge is -2.05. The van der Waals surface area contributed by atoms with Crippen molar-refractivity contribution in [1.29, 1.82) is 0 Å². The second kappa shape index (κ2) is 5.27. The third kappa shape index (κ3) is 2.62. The minimum Gasteiger partial charge on any atom is -0.372 e. The van der Waals surface area contributed by atoms with Crippen LogP contribution in [0.2, 0.25) is 0 Å². The van der Waals surface area contributed by atoms with E-state index in [0.29, 0.717) is 0 Å². The molecule has 3 aromatic rings. The predicted octanol–water partition coefficient (Wildman–Crippen LogP) is 4.09. The summed E-state index contributed by atoms with van der Waals surface area (Å²) in [6.07, 6.45) is 0.738. The highest BCUT2D eigenvalue weighted by atomic mass is 79.9. The van der Waals surface area contributed by atoms with E-state index in [1.807, 2.05) is 24.6 Å². The van der Waals surface area contributed by atoms with Crippen molar-refractivity contribution in [1.82, 2.24) is 9.97 Å². The van der Waals surface area contributed by atoms with Crippen LogP contribution in [0.3, 0.4) is 0 Å². The molecule has 0 aliphatic carbocycles. The van der Waals surface area contributed by atoms with Crippen molar-refractivity contribution in [2.75, 3.05) is 12.4 Å². The number of anilines is 1. The molecule has 2 aromatic heterocycles. The maximum Gasteiger partial charge on any atom is 0.138 e. The third-order valence-electron chi connectivity index (χ3n) is 2.86. The Morgan fingerprint density at radius 3 is 2.95 bits per heavy atom. The number of hydrogen-bond donors (Lipinski definition) is 1. The second-order valence-electron chi connectivity index (χ2n) is 4.18. The van der Waals surface area contributed by atoms with Crippen molar-refractivity contribution in [3.8, 4) is 0 Å². The van der Waals surface area contributed by atoms with Gasteiger partial charge in [0.2, 0.25) is 0 Å². The maximum atomic E-state index is 4.62. The molecule has 2 heterocycles. The highest BCUT2D eigenvalue weighted by molar-refractivity contribution is 9.10. The van der Waals surface area contributed by atoms with Crippen LogP contribution in [0.25, 0.3) is 10.2 Å². The Morgan fingerprint density at radius 2 is 2.16 bits per heavy atom. The molecule has 0 fully saturated rings. The summed E-state index contributed by atoms with van der Waals surface area (Å²) >= 11 is 5.13. The molecule has 1 aromatic carbocycles. The summed E-state index contributed by atoms with van der Waals surface area (Å²) in [6.45, 7) is 0. The first-order chi connectivity index (χ1) is 9.26. The lowest BCUT2D eigenvalue weighted by Crippen LogP contribution is -2.01. The molecular weight excluding hydrogens is 322 g/mol. The Kier molecular flexibility index (Phi) is 3.48. The first-order valence-corrected chi connectivity index (χ1v) is 7.60. The van der Waals surface area contributed by atoms with Crippen molar-refractivity contribution < 1.29 is 0 Å². The van der Waals surface area contributed by atoms with Gasteiger partial charge in [0, 0.05) is 17.9 Å². The number of hydrogen-bond acceptors (Lipinski definition) is 4. The number of aromatic nitrogens is 2. The normalized spacial score (nSPS) is 10.8. The summed E-state index contributed by atoms with van der Waals surface area (Å²) in [7, 11) is 1.89. The van der Waals surface area contributed by atoms with Gasteiger partial charge in [-0.05, 0) is 29.1 Å². The van der Waals surface area contributed by atoms with Gasteiger partial charge in [0.25, 0.3) is 0 Å². The number of benzene rings is 1. The molecule has 0 atom stereocenters. The van der Waals surface area contributed by atoms with Gasteiger partial charge in [-0.15, -0.1) is 11.3 Å². The van der Waals surface area contributed by atoms with E-state index in [1.54, 1.807) is 11.3 Å². The van der Waals surface area contributed by atoms with Gasteiger partial charge in [0.15, 0.2) is 0 Å². The van der Waals surface area contributed by atoms with Crippen LogP contribution in [0.5, 0.6) is 0 Å². The van der Waals surface area contributed by atoms with E-state index in [9.17, 15) is 0 Å². The van der Waals surface area contributed by atoms with Gasteiger partial charge in [-0.3, -0.25) is 0 Å². The molecule has 1 N–H and O–H groups in total. The maximum absolute atomic E-state index is 4.62. The third-order valence-corrected chi connectivity index (χ3v) is 4.16. The van der Waals surface area contributed by atoms with Crippen molar-refractivity contribution in [2.45, 2.75) is 6.42 Å². The predicted molar refractivity (Wildman–Crippen MR) is 83.9 cm³/mol. The summed E-state index contributed by atoms with van der Waals surface area (Å²) in [6, 6.07) is 10.3. The highest BCUT2D eigenvalue weighted by Crippen LogP contribution is 2.25. The standard InChI is InChI=1S/C14H12BrN3S/c1-16-13-11-5-6-19-14(11)18-12(17-13)8-9-3-2-4-10(15)7-9/h2-7H,8H2,1H3,(H,16,17,18). The molecule has 0 saturated heterocycles. The summed E-state index contributed by atoms with van der Waals surface area (Å²) in [5.74, 6) is 1.74. The quantitative estimate of drug-likeness (QED) is 0.784. The summed E-state index contributed by atoms with van der Waals surface area (Å²) in [5, 5.41) is 6.27. The molecule has 0 aliphatic heterocycles. The molecule has 0 amide bonds. The molecule has 19 heavy (non-hydrogen) atoms. The first kappa shape index (κ1) is 12.6. The lowest BCUT2D eigenvalue weighted by molar-refractivity contribution is 0.997. The van der Waals surface area contributed by atoms with Crippen LogP contribution in [-0.2, 0) is 6.42 Å². The minimum absolute atomic E-state index is 0.738. The van der Waals surface area contributed by atoms with Crippen LogP contribution in [-0.4, -0.2) is 17.0 Å². The average molecular weight is 334 g/mol. The molecule has 96 valence electrons. The monoisotopic (exact) mass is 333 g/mol. The molecule has 0 bridgehead atoms. The van der Waals surface area contributed by atoms with Crippen LogP contribution in [0.15, 0.2) is 40.2 Å². The van der Waals surface area contributed by atoms with E-state index in [1.165, 1.54) is 5.56 Å². The van der Waals surface area contributed by atoms with Crippen LogP contribution in [0.1, 0.15) is 11.4 Å². The van der Waals surface area contributed by atoms with E-state index >= 15 is 0 Å². The molecule has 0 aliphatic rings. The molecule has 3 nitrogen and oxygen atoms in total. The molecule has 0 unspecified atom stereocenters. The van der Waals surface area contributed by atoms with Crippen LogP contribution >= 0.6 is 27.3 Å². The van der Waals surface area contributed by atoms with E-state index in [2.05, 4.69) is 49.4 Å². The number of thiophene rings is 1. The average Bonchev–Trinajstić information content (AvgIpc) is 2.86. The number of nitrogens with one attached hydrogen (secondary N) is 1. The van der Waals surface area contributed by atoms with Gasteiger partial charge in [-0.2, -0.15) is 0 Å². The number of fused-ring (bicyclic) bond motifs is 1. The number of rotatable bonds is 3. The van der Waals surface area contributed by atoms with Crippen molar-refractivity contribution in [3.63, 3.8) is 0 Å². The molecule has 5 heteroatoms. The number of nitrogens with zero attached hydrogens (tertiary/aromatic N) is 2. The summed E-state index contributed by atoms with van der Waals surface area (Å²) < 4.78 is 1.08. The van der Waals surface area contributed by atoms with Crippen molar-refractivity contribution in [3.05, 3.63) is 51.6 Å². The zero-order valence-electron chi connectivity index (χ0n) is 10.4. The zero-order chi connectivity index (χ0) is 13.2. The molecular formula is C14H12BrN3S. The smallest absolute Gasteiger partial charge is 0.138 e. The van der Waals surface area contributed by atoms with Gasteiger partial charge in [0.1, 0.15) is 16.5 Å². The van der Waals surface area contributed by atoms with E-state index in [0.717, 1.165) is 32.8 Å². The van der Waals surface area contributed by atoms with Crippen molar-refractivity contribution in [2.24, 2.45) is 0 Å². The summed E-state index contributed by atoms with van der Waals surface area (Å²) in [5.41, 5.74) is 1.20. The zero-order valence-corrected chi connectivity index (χ0v) is 12.8. The fraction of sp³-hybridized carbons (Fsp3) is 0.143. The molecule has 0 saturated carbocycles.